The van der Waals surface area contributed by atoms with Crippen LogP contribution in [0, 0.1) is 0 Å². The van der Waals surface area contributed by atoms with Crippen LogP contribution in [0.2, 0.25) is 5.02 Å². The monoisotopic (exact) mass is 354 g/mol. The lowest BCUT2D eigenvalue weighted by Gasteiger charge is -2.37. The number of carbonyl (C=O) groups excluding carboxylic acids is 1. The fraction of sp³-hybridized carbons (Fsp3) is 0.222. The Morgan fingerprint density at radius 2 is 1.88 bits per heavy atom. The van der Waals surface area contributed by atoms with Crippen molar-refractivity contribution in [2.75, 3.05) is 13.1 Å². The van der Waals surface area contributed by atoms with Crippen molar-refractivity contribution < 1.29 is 9.32 Å². The Hall–Kier alpha value is -2.73. The van der Waals surface area contributed by atoms with Gasteiger partial charge in [-0.2, -0.15) is 4.98 Å². The Kier molecular flexibility index (Phi) is 4.19. The summed E-state index contributed by atoms with van der Waals surface area (Å²) in [5, 5.41) is 4.67. The van der Waals surface area contributed by atoms with E-state index in [4.69, 9.17) is 16.1 Å². The Morgan fingerprint density at radius 3 is 2.60 bits per heavy atom. The minimum absolute atomic E-state index is 0.0902. The third kappa shape index (κ3) is 3.39. The van der Waals surface area contributed by atoms with Crippen LogP contribution in [-0.4, -0.2) is 39.0 Å². The molecule has 4 rings (SSSR count). The van der Waals surface area contributed by atoms with Crippen molar-refractivity contribution in [2.24, 2.45) is 0 Å². The van der Waals surface area contributed by atoms with Gasteiger partial charge in [-0.05, 0) is 29.8 Å². The topological polar surface area (TPSA) is 72.1 Å². The SMILES string of the molecule is O=C(Cc1ccc(Cl)cc1)N1CC(c2nc(-c3ccncc3)no2)C1. The summed E-state index contributed by atoms with van der Waals surface area (Å²) in [4.78, 5) is 22.5. The third-order valence-corrected chi connectivity index (χ3v) is 4.48. The number of pyridine rings is 1. The molecule has 0 radical (unpaired) electrons. The van der Waals surface area contributed by atoms with Gasteiger partial charge in [-0.25, -0.2) is 0 Å². The Bertz CT molecular complexity index is 874. The summed E-state index contributed by atoms with van der Waals surface area (Å²) >= 11 is 5.86. The van der Waals surface area contributed by atoms with Gasteiger partial charge in [-0.3, -0.25) is 9.78 Å². The maximum atomic E-state index is 12.3. The van der Waals surface area contributed by atoms with E-state index in [0.717, 1.165) is 11.1 Å². The van der Waals surface area contributed by atoms with Crippen LogP contribution in [0.3, 0.4) is 0 Å². The number of benzene rings is 1. The minimum atomic E-state index is 0.0902. The van der Waals surface area contributed by atoms with Gasteiger partial charge in [-0.1, -0.05) is 28.9 Å². The predicted octanol–water partition coefficient (Wildman–Crippen LogP) is 2.95. The molecule has 3 aromatic rings. The number of hydrogen-bond donors (Lipinski definition) is 0. The fourth-order valence-corrected chi connectivity index (χ4v) is 2.87. The van der Waals surface area contributed by atoms with Gasteiger partial charge in [0.25, 0.3) is 0 Å². The number of amides is 1. The lowest BCUT2D eigenvalue weighted by Crippen LogP contribution is -2.49. The number of nitrogens with zero attached hydrogens (tertiary/aromatic N) is 4. The van der Waals surface area contributed by atoms with E-state index in [0.29, 0.717) is 36.2 Å². The maximum Gasteiger partial charge on any atom is 0.233 e. The van der Waals surface area contributed by atoms with Gasteiger partial charge >= 0.3 is 0 Å². The molecule has 1 saturated heterocycles. The highest BCUT2D eigenvalue weighted by atomic mass is 35.5. The van der Waals surface area contributed by atoms with Gasteiger partial charge in [-0.15, -0.1) is 0 Å². The van der Waals surface area contributed by atoms with E-state index in [1.165, 1.54) is 0 Å². The Balaban J connectivity index is 1.35. The first kappa shape index (κ1) is 15.8. The van der Waals surface area contributed by atoms with Gasteiger partial charge in [0, 0.05) is 36.1 Å². The van der Waals surface area contributed by atoms with Crippen LogP contribution in [0.5, 0.6) is 0 Å². The van der Waals surface area contributed by atoms with E-state index in [2.05, 4.69) is 15.1 Å². The lowest BCUT2D eigenvalue weighted by atomic mass is 9.99. The van der Waals surface area contributed by atoms with Crippen molar-refractivity contribution in [1.29, 1.82) is 0 Å². The summed E-state index contributed by atoms with van der Waals surface area (Å²) in [6.45, 7) is 1.20. The summed E-state index contributed by atoms with van der Waals surface area (Å²) in [6, 6.07) is 11.0. The van der Waals surface area contributed by atoms with E-state index in [9.17, 15) is 4.79 Å². The zero-order valence-corrected chi connectivity index (χ0v) is 14.1. The zero-order chi connectivity index (χ0) is 17.2. The summed E-state index contributed by atoms with van der Waals surface area (Å²) in [5.41, 5.74) is 1.82. The molecule has 7 heteroatoms. The smallest absolute Gasteiger partial charge is 0.233 e. The molecule has 126 valence electrons. The van der Waals surface area contributed by atoms with Crippen LogP contribution in [0.15, 0.2) is 53.3 Å². The van der Waals surface area contributed by atoms with Gasteiger partial charge in [0.1, 0.15) is 0 Å². The molecule has 2 aromatic heterocycles. The molecule has 25 heavy (non-hydrogen) atoms. The van der Waals surface area contributed by atoms with E-state index < -0.39 is 0 Å². The number of likely N-dealkylation sites (tertiary alicyclic amines) is 1. The molecule has 0 aliphatic carbocycles. The standard InChI is InChI=1S/C18H15ClN4O2/c19-15-3-1-12(2-4-15)9-16(24)23-10-14(11-23)18-21-17(22-25-18)13-5-7-20-8-6-13/h1-8,14H,9-11H2. The third-order valence-electron chi connectivity index (χ3n) is 4.23. The van der Waals surface area contributed by atoms with Crippen LogP contribution < -0.4 is 0 Å². The predicted molar refractivity (Wildman–Crippen MR) is 92.0 cm³/mol. The second-order valence-electron chi connectivity index (χ2n) is 5.99. The molecule has 3 heterocycles. The van der Waals surface area contributed by atoms with Crippen molar-refractivity contribution >= 4 is 17.5 Å². The van der Waals surface area contributed by atoms with Crippen LogP contribution in [-0.2, 0) is 11.2 Å². The fourth-order valence-electron chi connectivity index (χ4n) is 2.75. The first-order valence-corrected chi connectivity index (χ1v) is 8.33. The van der Waals surface area contributed by atoms with Crippen molar-refractivity contribution in [1.82, 2.24) is 20.0 Å². The first-order chi connectivity index (χ1) is 12.2. The van der Waals surface area contributed by atoms with Gasteiger partial charge in [0.05, 0.1) is 12.3 Å². The molecule has 0 atom stereocenters. The molecule has 0 bridgehead atoms. The van der Waals surface area contributed by atoms with Crippen molar-refractivity contribution in [3.63, 3.8) is 0 Å². The molecule has 0 spiro atoms. The molecule has 0 unspecified atom stereocenters. The number of rotatable bonds is 4. The normalized spacial score (nSPS) is 14.4. The summed E-state index contributed by atoms with van der Waals surface area (Å²) in [5.74, 6) is 1.30. The average Bonchev–Trinajstić information content (AvgIpc) is 3.06. The van der Waals surface area contributed by atoms with Crippen molar-refractivity contribution in [2.45, 2.75) is 12.3 Å². The number of hydrogen-bond acceptors (Lipinski definition) is 5. The van der Waals surface area contributed by atoms with Crippen LogP contribution >= 0.6 is 11.6 Å². The molecule has 1 fully saturated rings. The summed E-state index contributed by atoms with van der Waals surface area (Å²) < 4.78 is 5.35. The molecule has 0 N–H and O–H groups in total. The Morgan fingerprint density at radius 1 is 1.16 bits per heavy atom. The number of aromatic nitrogens is 3. The van der Waals surface area contributed by atoms with Gasteiger partial charge in [0.15, 0.2) is 0 Å². The second kappa shape index (κ2) is 6.64. The van der Waals surface area contributed by atoms with Crippen LogP contribution in [0.25, 0.3) is 11.4 Å². The average molecular weight is 355 g/mol. The largest absolute Gasteiger partial charge is 0.341 e. The van der Waals surface area contributed by atoms with Crippen LogP contribution in [0.4, 0.5) is 0 Å². The minimum Gasteiger partial charge on any atom is -0.341 e. The number of carbonyl (C=O) groups is 1. The summed E-state index contributed by atoms with van der Waals surface area (Å²) in [7, 11) is 0. The van der Waals surface area contributed by atoms with Crippen molar-refractivity contribution in [3.8, 4) is 11.4 Å². The number of halogens is 1. The molecule has 0 saturated carbocycles. The quantitative estimate of drug-likeness (QED) is 0.720. The molecular formula is C18H15ClN4O2. The highest BCUT2D eigenvalue weighted by Crippen LogP contribution is 2.28. The zero-order valence-electron chi connectivity index (χ0n) is 13.3. The molecule has 1 aliphatic rings. The van der Waals surface area contributed by atoms with Crippen molar-refractivity contribution in [3.05, 3.63) is 65.3 Å². The van der Waals surface area contributed by atoms with E-state index >= 15 is 0 Å². The van der Waals surface area contributed by atoms with E-state index in [-0.39, 0.29) is 11.8 Å². The van der Waals surface area contributed by atoms with Gasteiger partial charge in [0.2, 0.25) is 17.6 Å². The second-order valence-corrected chi connectivity index (χ2v) is 6.43. The molecule has 1 aliphatic heterocycles. The highest BCUT2D eigenvalue weighted by molar-refractivity contribution is 6.30. The highest BCUT2D eigenvalue weighted by Gasteiger charge is 2.35. The maximum absolute atomic E-state index is 12.3. The Labute approximate surface area is 149 Å². The van der Waals surface area contributed by atoms with E-state index in [1.54, 1.807) is 29.4 Å². The molecule has 1 amide bonds. The van der Waals surface area contributed by atoms with Gasteiger partial charge < -0.3 is 9.42 Å². The molecular weight excluding hydrogens is 340 g/mol. The van der Waals surface area contributed by atoms with E-state index in [1.807, 2.05) is 24.3 Å². The van der Waals surface area contributed by atoms with Crippen LogP contribution in [0.1, 0.15) is 17.4 Å². The molecule has 1 aromatic carbocycles. The summed E-state index contributed by atoms with van der Waals surface area (Å²) in [6.07, 6.45) is 3.74. The molecule has 6 nitrogen and oxygen atoms in total. The lowest BCUT2D eigenvalue weighted by molar-refractivity contribution is -0.135. The first-order valence-electron chi connectivity index (χ1n) is 7.95.